The molecular formula is C25H37N3O9. The highest BCUT2D eigenvalue weighted by atomic mass is 16.8. The Kier molecular flexibility index (Phi) is 10.5. The van der Waals surface area contributed by atoms with Crippen LogP contribution in [0.15, 0.2) is 35.4 Å². The zero-order valence-electron chi connectivity index (χ0n) is 21.5. The Morgan fingerprint density at radius 1 is 0.865 bits per heavy atom. The number of azide groups is 1. The molecule has 0 saturated carbocycles. The predicted molar refractivity (Wildman–Crippen MR) is 130 cm³/mol. The summed E-state index contributed by atoms with van der Waals surface area (Å²) in [6.45, 7) is 8.56. The van der Waals surface area contributed by atoms with Crippen LogP contribution in [0.4, 0.5) is 0 Å². The van der Waals surface area contributed by atoms with Gasteiger partial charge in [-0.2, -0.15) is 0 Å². The molecule has 3 aliphatic rings. The minimum absolute atomic E-state index is 0.249. The van der Waals surface area contributed by atoms with Gasteiger partial charge in [0.1, 0.15) is 23.9 Å². The summed E-state index contributed by atoms with van der Waals surface area (Å²) in [6, 6.07) is 9.42. The highest BCUT2D eigenvalue weighted by molar-refractivity contribution is 5.13. The third kappa shape index (κ3) is 7.84. The van der Waals surface area contributed by atoms with Gasteiger partial charge in [-0.1, -0.05) is 35.4 Å². The molecule has 3 saturated heterocycles. The van der Waals surface area contributed by atoms with Gasteiger partial charge in [0.2, 0.25) is 0 Å². The lowest BCUT2D eigenvalue weighted by atomic mass is 9.89. The fourth-order valence-corrected chi connectivity index (χ4v) is 4.56. The number of benzene rings is 1. The van der Waals surface area contributed by atoms with Gasteiger partial charge < -0.3 is 42.6 Å². The molecule has 2 bridgehead atoms. The number of hydrogen-bond acceptors (Lipinski definition) is 10. The fraction of sp³-hybridized carbons (Fsp3) is 0.760. The molecule has 37 heavy (non-hydrogen) atoms. The minimum atomic E-state index is -0.819. The standard InChI is InChI=1S/C25H37N3O9/c1-24(2)35-21-20(27-28-26)23-34-18-25(37-23,22(21)36-24)17-33-15-13-31-11-9-29-8-10-30-12-14-32-16-19-6-4-3-5-7-19/h3-7,20-23H,8-18H2,1-2H3/t20?,21-,22-,23+,25+/m1/s1. The number of fused-ring (bicyclic) bond motifs is 4. The van der Waals surface area contributed by atoms with Gasteiger partial charge in [-0.15, -0.1) is 0 Å². The number of ether oxygens (including phenoxy) is 9. The van der Waals surface area contributed by atoms with Crippen LogP contribution in [0.3, 0.4) is 0 Å². The van der Waals surface area contributed by atoms with Gasteiger partial charge in [0.05, 0.1) is 72.7 Å². The van der Waals surface area contributed by atoms with Crippen molar-refractivity contribution >= 4 is 0 Å². The van der Waals surface area contributed by atoms with E-state index in [0.29, 0.717) is 59.5 Å². The first kappa shape index (κ1) is 28.2. The summed E-state index contributed by atoms with van der Waals surface area (Å²) in [5, 5.41) is 3.83. The van der Waals surface area contributed by atoms with Gasteiger partial charge in [0, 0.05) is 4.91 Å². The van der Waals surface area contributed by atoms with Crippen molar-refractivity contribution in [2.24, 2.45) is 5.11 Å². The molecule has 1 aromatic rings. The number of hydrogen-bond donors (Lipinski definition) is 0. The Morgan fingerprint density at radius 2 is 1.49 bits per heavy atom. The van der Waals surface area contributed by atoms with Crippen LogP contribution in [0.2, 0.25) is 0 Å². The lowest BCUT2D eigenvalue weighted by Gasteiger charge is -2.40. The molecule has 0 aliphatic carbocycles. The van der Waals surface area contributed by atoms with Crippen molar-refractivity contribution in [3.05, 3.63) is 46.3 Å². The normalized spacial score (nSPS) is 29.7. The van der Waals surface area contributed by atoms with E-state index in [2.05, 4.69) is 10.0 Å². The van der Waals surface area contributed by atoms with Crippen LogP contribution in [0, 0.1) is 0 Å². The highest BCUT2D eigenvalue weighted by Crippen LogP contribution is 2.47. The van der Waals surface area contributed by atoms with E-state index in [1.54, 1.807) is 0 Å². The van der Waals surface area contributed by atoms with Gasteiger partial charge in [-0.25, -0.2) is 0 Å². The topological polar surface area (TPSA) is 132 Å². The summed E-state index contributed by atoms with van der Waals surface area (Å²) in [4.78, 5) is 2.92. The van der Waals surface area contributed by atoms with Crippen LogP contribution in [-0.4, -0.2) is 102 Å². The van der Waals surface area contributed by atoms with Crippen LogP contribution in [0.1, 0.15) is 19.4 Å². The molecule has 1 unspecified atom stereocenters. The molecule has 206 valence electrons. The Morgan fingerprint density at radius 3 is 2.14 bits per heavy atom. The van der Waals surface area contributed by atoms with Crippen LogP contribution >= 0.6 is 0 Å². The van der Waals surface area contributed by atoms with E-state index in [9.17, 15) is 0 Å². The second-order valence-electron chi connectivity index (χ2n) is 9.51. The SMILES string of the molecule is CC1(C)O[C@@H]2C(N=[N+]=[N-])[C@H]3OC[C@](COCCOCCOCCOCCOCc4ccccc4)(O3)[C@@H]2O1. The first-order valence-electron chi connectivity index (χ1n) is 12.6. The van der Waals surface area contributed by atoms with Gasteiger partial charge in [0.15, 0.2) is 12.1 Å². The van der Waals surface area contributed by atoms with Gasteiger partial charge >= 0.3 is 0 Å². The quantitative estimate of drug-likeness (QED) is 0.131. The molecule has 5 atom stereocenters. The maximum absolute atomic E-state index is 8.93. The monoisotopic (exact) mass is 523 g/mol. The average molecular weight is 524 g/mol. The van der Waals surface area contributed by atoms with Gasteiger partial charge in [0.25, 0.3) is 0 Å². The average Bonchev–Trinajstić information content (AvgIpc) is 3.44. The molecule has 0 N–H and O–H groups in total. The molecule has 4 rings (SSSR count). The second kappa shape index (κ2) is 13.8. The zero-order valence-corrected chi connectivity index (χ0v) is 21.5. The van der Waals surface area contributed by atoms with Crippen molar-refractivity contribution in [1.29, 1.82) is 0 Å². The third-order valence-corrected chi connectivity index (χ3v) is 6.24. The van der Waals surface area contributed by atoms with Crippen molar-refractivity contribution < 1.29 is 42.6 Å². The first-order valence-corrected chi connectivity index (χ1v) is 12.6. The summed E-state index contributed by atoms with van der Waals surface area (Å²) in [6.07, 6.45) is -1.61. The molecule has 0 radical (unpaired) electrons. The summed E-state index contributed by atoms with van der Waals surface area (Å²) in [5.74, 6) is -0.816. The van der Waals surface area contributed by atoms with Gasteiger partial charge in [-0.05, 0) is 24.9 Å². The Balaban J connectivity index is 1.00. The van der Waals surface area contributed by atoms with Crippen molar-refractivity contribution in [1.82, 2.24) is 0 Å². The fourth-order valence-electron chi connectivity index (χ4n) is 4.56. The maximum Gasteiger partial charge on any atom is 0.169 e. The molecule has 12 heteroatoms. The summed E-state index contributed by atoms with van der Waals surface area (Å²) < 4.78 is 51.9. The van der Waals surface area contributed by atoms with E-state index in [4.69, 9.17) is 48.2 Å². The van der Waals surface area contributed by atoms with E-state index >= 15 is 0 Å². The van der Waals surface area contributed by atoms with Crippen molar-refractivity contribution in [3.63, 3.8) is 0 Å². The van der Waals surface area contributed by atoms with Crippen molar-refractivity contribution in [2.75, 3.05) is 66.1 Å². The molecule has 3 aliphatic heterocycles. The smallest absolute Gasteiger partial charge is 0.169 e. The second-order valence-corrected chi connectivity index (χ2v) is 9.51. The number of rotatable bonds is 17. The van der Waals surface area contributed by atoms with E-state index < -0.39 is 35.9 Å². The zero-order chi connectivity index (χ0) is 26.0. The minimum Gasteiger partial charge on any atom is -0.377 e. The summed E-state index contributed by atoms with van der Waals surface area (Å²) in [5.41, 5.74) is 9.26. The van der Waals surface area contributed by atoms with Crippen LogP contribution < -0.4 is 0 Å². The molecule has 0 amide bonds. The number of nitrogens with zero attached hydrogens (tertiary/aromatic N) is 3. The third-order valence-electron chi connectivity index (χ3n) is 6.24. The van der Waals surface area contributed by atoms with Crippen LogP contribution in [0.25, 0.3) is 10.4 Å². The lowest BCUT2D eigenvalue weighted by molar-refractivity contribution is -0.210. The van der Waals surface area contributed by atoms with Crippen LogP contribution in [-0.2, 0) is 49.2 Å². The molecule has 12 nitrogen and oxygen atoms in total. The van der Waals surface area contributed by atoms with E-state index in [0.717, 1.165) is 5.56 Å². The first-order chi connectivity index (χ1) is 18.0. The van der Waals surface area contributed by atoms with E-state index in [1.807, 2.05) is 44.2 Å². The van der Waals surface area contributed by atoms with E-state index in [1.165, 1.54) is 0 Å². The van der Waals surface area contributed by atoms with Crippen molar-refractivity contribution in [3.8, 4) is 0 Å². The van der Waals surface area contributed by atoms with Crippen molar-refractivity contribution in [2.45, 2.75) is 56.4 Å². The Labute approximate surface area is 217 Å². The van der Waals surface area contributed by atoms with Gasteiger partial charge in [-0.3, -0.25) is 0 Å². The predicted octanol–water partition coefficient (Wildman–Crippen LogP) is 2.59. The Bertz CT molecular complexity index is 870. The van der Waals surface area contributed by atoms with E-state index in [-0.39, 0.29) is 13.2 Å². The molecule has 3 fully saturated rings. The summed E-state index contributed by atoms with van der Waals surface area (Å²) in [7, 11) is 0. The largest absolute Gasteiger partial charge is 0.377 e. The lowest BCUT2D eigenvalue weighted by Crippen LogP contribution is -2.61. The molecule has 3 heterocycles. The highest BCUT2D eigenvalue weighted by Gasteiger charge is 2.65. The molecule has 1 aromatic carbocycles. The molecular weight excluding hydrogens is 486 g/mol. The Hall–Kier alpha value is -1.83. The van der Waals surface area contributed by atoms with Crippen LogP contribution in [0.5, 0.6) is 0 Å². The maximum atomic E-state index is 8.93. The molecule has 0 aromatic heterocycles. The molecule has 0 spiro atoms. The summed E-state index contributed by atoms with van der Waals surface area (Å²) >= 11 is 0.